The molecule has 0 aliphatic heterocycles. The molecule has 15 heavy (non-hydrogen) atoms. The molecule has 1 amide bonds. The zero-order valence-corrected chi connectivity index (χ0v) is 10.4. The van der Waals surface area contributed by atoms with E-state index < -0.39 is 0 Å². The molecule has 1 saturated carbocycles. The molecule has 0 aromatic carbocycles. The van der Waals surface area contributed by atoms with Crippen molar-refractivity contribution < 1.29 is 4.79 Å². The number of hydrogen-bond acceptors (Lipinski definition) is 2. The van der Waals surface area contributed by atoms with E-state index in [-0.39, 0.29) is 22.9 Å². The zero-order valence-electron chi connectivity index (χ0n) is 10.4. The van der Waals surface area contributed by atoms with Gasteiger partial charge in [0.1, 0.15) is 0 Å². The first-order valence-corrected chi connectivity index (χ1v) is 5.86. The molecule has 3 nitrogen and oxygen atoms in total. The van der Waals surface area contributed by atoms with Crippen LogP contribution in [0.15, 0.2) is 0 Å². The lowest BCUT2D eigenvalue weighted by molar-refractivity contribution is -0.131. The summed E-state index contributed by atoms with van der Waals surface area (Å²) < 4.78 is 0. The highest BCUT2D eigenvalue weighted by Crippen LogP contribution is 2.38. The summed E-state index contributed by atoms with van der Waals surface area (Å²) in [5.41, 5.74) is 5.37. The third-order valence-corrected chi connectivity index (χ3v) is 3.83. The molecule has 0 aromatic heterocycles. The van der Waals surface area contributed by atoms with Crippen LogP contribution in [0.1, 0.15) is 53.4 Å². The Morgan fingerprint density at radius 1 is 1.40 bits per heavy atom. The van der Waals surface area contributed by atoms with E-state index in [0.717, 1.165) is 12.8 Å². The summed E-state index contributed by atoms with van der Waals surface area (Å²) in [4.78, 5) is 12.1. The summed E-state index contributed by atoms with van der Waals surface area (Å²) in [7, 11) is 0. The van der Waals surface area contributed by atoms with Crippen LogP contribution in [-0.4, -0.2) is 17.5 Å². The number of rotatable bonds is 3. The van der Waals surface area contributed by atoms with E-state index in [1.54, 1.807) is 0 Å². The van der Waals surface area contributed by atoms with E-state index in [9.17, 15) is 4.79 Å². The van der Waals surface area contributed by atoms with Gasteiger partial charge in [-0.15, -0.1) is 0 Å². The van der Waals surface area contributed by atoms with Gasteiger partial charge in [-0.1, -0.05) is 19.8 Å². The van der Waals surface area contributed by atoms with Gasteiger partial charge in [-0.05, 0) is 33.6 Å². The van der Waals surface area contributed by atoms with Gasteiger partial charge in [-0.25, -0.2) is 0 Å². The highest BCUT2D eigenvalue weighted by Gasteiger charge is 2.39. The quantitative estimate of drug-likeness (QED) is 0.749. The van der Waals surface area contributed by atoms with Gasteiger partial charge in [0.2, 0.25) is 5.91 Å². The molecule has 0 aromatic rings. The minimum Gasteiger partial charge on any atom is -0.349 e. The van der Waals surface area contributed by atoms with Crippen LogP contribution in [0.3, 0.4) is 0 Å². The minimum absolute atomic E-state index is 0.0357. The van der Waals surface area contributed by atoms with Crippen molar-refractivity contribution in [3.05, 3.63) is 0 Å². The molecular formula is C12H24N2O. The average molecular weight is 212 g/mol. The Labute approximate surface area is 92.8 Å². The van der Waals surface area contributed by atoms with Crippen molar-refractivity contribution >= 4 is 5.91 Å². The lowest BCUT2D eigenvalue weighted by atomic mass is 9.85. The van der Waals surface area contributed by atoms with Crippen LogP contribution in [0.2, 0.25) is 0 Å². The fraction of sp³-hybridized carbons (Fsp3) is 0.917. The molecular weight excluding hydrogens is 188 g/mol. The highest BCUT2D eigenvalue weighted by molar-refractivity contribution is 5.83. The summed E-state index contributed by atoms with van der Waals surface area (Å²) in [5, 5.41) is 3.07. The topological polar surface area (TPSA) is 55.1 Å². The Morgan fingerprint density at radius 3 is 2.27 bits per heavy atom. The van der Waals surface area contributed by atoms with E-state index in [2.05, 4.69) is 12.2 Å². The maximum Gasteiger partial charge on any atom is 0.226 e. The maximum absolute atomic E-state index is 12.1. The van der Waals surface area contributed by atoms with Crippen molar-refractivity contribution in [2.24, 2.45) is 11.1 Å². The third kappa shape index (κ3) is 2.71. The summed E-state index contributed by atoms with van der Waals surface area (Å²) in [5.74, 6) is 0.169. The highest BCUT2D eigenvalue weighted by atomic mass is 16.2. The van der Waals surface area contributed by atoms with Crippen molar-refractivity contribution in [3.63, 3.8) is 0 Å². The van der Waals surface area contributed by atoms with E-state index in [4.69, 9.17) is 5.73 Å². The summed E-state index contributed by atoms with van der Waals surface area (Å²) in [6.07, 6.45) is 4.35. The number of carbonyl (C=O) groups is 1. The molecule has 0 radical (unpaired) electrons. The van der Waals surface area contributed by atoms with Crippen molar-refractivity contribution in [3.8, 4) is 0 Å². The van der Waals surface area contributed by atoms with Gasteiger partial charge < -0.3 is 11.1 Å². The van der Waals surface area contributed by atoms with Crippen LogP contribution < -0.4 is 11.1 Å². The van der Waals surface area contributed by atoms with Gasteiger partial charge in [-0.2, -0.15) is 0 Å². The van der Waals surface area contributed by atoms with E-state index in [1.807, 2.05) is 20.8 Å². The minimum atomic E-state index is -0.317. The Balaban J connectivity index is 2.62. The molecule has 0 bridgehead atoms. The molecule has 3 heteroatoms. The van der Waals surface area contributed by atoms with Crippen LogP contribution >= 0.6 is 0 Å². The fourth-order valence-corrected chi connectivity index (χ4v) is 1.94. The number of amides is 1. The van der Waals surface area contributed by atoms with Gasteiger partial charge >= 0.3 is 0 Å². The normalized spacial score (nSPS) is 22.5. The summed E-state index contributed by atoms with van der Waals surface area (Å²) in [6, 6.07) is -0.0357. The number of nitrogens with two attached hydrogens (primary N) is 1. The molecule has 1 fully saturated rings. The second-order valence-electron chi connectivity index (χ2n) is 5.73. The first-order chi connectivity index (χ1) is 6.78. The molecule has 1 aliphatic carbocycles. The molecule has 1 unspecified atom stereocenters. The molecule has 1 atom stereocenters. The first-order valence-electron chi connectivity index (χ1n) is 5.86. The Bertz CT molecular complexity index is 240. The van der Waals surface area contributed by atoms with Crippen LogP contribution in [0, 0.1) is 5.41 Å². The van der Waals surface area contributed by atoms with Crippen LogP contribution in [0.25, 0.3) is 0 Å². The monoisotopic (exact) mass is 212 g/mol. The third-order valence-electron chi connectivity index (χ3n) is 3.83. The SMILES string of the molecule is CC(N)C(C)(C)NC(=O)C1(C)CCCC1. The van der Waals surface area contributed by atoms with Crippen molar-refractivity contribution in [2.45, 2.75) is 65.0 Å². The Kier molecular flexibility index (Phi) is 3.44. The Morgan fingerprint density at radius 2 is 1.87 bits per heavy atom. The number of nitrogens with one attached hydrogen (secondary N) is 1. The second kappa shape index (κ2) is 4.12. The van der Waals surface area contributed by atoms with Gasteiger partial charge in [0.05, 0.1) is 0 Å². The molecule has 1 aliphatic rings. The molecule has 0 heterocycles. The Hall–Kier alpha value is -0.570. The molecule has 1 rings (SSSR count). The number of hydrogen-bond donors (Lipinski definition) is 2. The van der Waals surface area contributed by atoms with Crippen molar-refractivity contribution in [1.29, 1.82) is 0 Å². The predicted octanol–water partition coefficient (Wildman–Crippen LogP) is 1.81. The van der Waals surface area contributed by atoms with Crippen LogP contribution in [0.4, 0.5) is 0 Å². The predicted molar refractivity (Wildman–Crippen MR) is 62.4 cm³/mol. The molecule has 3 N–H and O–H groups in total. The van der Waals surface area contributed by atoms with Crippen LogP contribution in [0.5, 0.6) is 0 Å². The summed E-state index contributed by atoms with van der Waals surface area (Å²) >= 11 is 0. The van der Waals surface area contributed by atoms with Crippen molar-refractivity contribution in [1.82, 2.24) is 5.32 Å². The standard InChI is InChI=1S/C12H24N2O/c1-9(13)11(2,3)14-10(15)12(4)7-5-6-8-12/h9H,5-8,13H2,1-4H3,(H,14,15). The van der Waals surface area contributed by atoms with E-state index >= 15 is 0 Å². The molecule has 88 valence electrons. The van der Waals surface area contributed by atoms with Gasteiger partial charge in [-0.3, -0.25) is 4.79 Å². The van der Waals surface area contributed by atoms with Gasteiger partial charge in [0, 0.05) is 17.0 Å². The lowest BCUT2D eigenvalue weighted by Gasteiger charge is -2.34. The fourth-order valence-electron chi connectivity index (χ4n) is 1.94. The molecule has 0 saturated heterocycles. The van der Waals surface area contributed by atoms with E-state index in [1.165, 1.54) is 12.8 Å². The average Bonchev–Trinajstić information content (AvgIpc) is 2.52. The van der Waals surface area contributed by atoms with Crippen LogP contribution in [-0.2, 0) is 4.79 Å². The number of carbonyl (C=O) groups excluding carboxylic acids is 1. The maximum atomic E-state index is 12.1. The van der Waals surface area contributed by atoms with Crippen molar-refractivity contribution in [2.75, 3.05) is 0 Å². The largest absolute Gasteiger partial charge is 0.349 e. The summed E-state index contributed by atoms with van der Waals surface area (Å²) in [6.45, 7) is 7.95. The lowest BCUT2D eigenvalue weighted by Crippen LogP contribution is -2.57. The first kappa shape index (κ1) is 12.5. The van der Waals surface area contributed by atoms with Gasteiger partial charge in [0.15, 0.2) is 0 Å². The molecule has 0 spiro atoms. The van der Waals surface area contributed by atoms with Gasteiger partial charge in [0.25, 0.3) is 0 Å². The van der Waals surface area contributed by atoms with E-state index in [0.29, 0.717) is 0 Å². The smallest absolute Gasteiger partial charge is 0.226 e. The second-order valence-corrected chi connectivity index (χ2v) is 5.73. The zero-order chi connectivity index (χ0) is 11.7.